The molecule has 1 saturated carbocycles. The van der Waals surface area contributed by atoms with E-state index in [2.05, 4.69) is 20.3 Å². The van der Waals surface area contributed by atoms with Gasteiger partial charge in [0.05, 0.1) is 12.7 Å². The van der Waals surface area contributed by atoms with Gasteiger partial charge in [-0.05, 0) is 18.4 Å². The maximum atomic E-state index is 13.4. The van der Waals surface area contributed by atoms with E-state index in [-0.39, 0.29) is 58.3 Å². The van der Waals surface area contributed by atoms with E-state index in [9.17, 15) is 14.7 Å². The van der Waals surface area contributed by atoms with E-state index in [4.69, 9.17) is 15.2 Å². The Morgan fingerprint density at radius 1 is 1.23 bits per heavy atom. The van der Waals surface area contributed by atoms with Gasteiger partial charge < -0.3 is 20.3 Å². The minimum Gasteiger partial charge on any atom is -0.507 e. The molecule has 0 bridgehead atoms. The first kappa shape index (κ1) is 22.1. The molecule has 0 spiro atoms. The first-order chi connectivity index (χ1) is 17.0. The van der Waals surface area contributed by atoms with Crippen LogP contribution in [-0.4, -0.2) is 37.6 Å². The molecule has 2 heterocycles. The number of hydrogen-bond donors (Lipinski definition) is 3. The van der Waals surface area contributed by atoms with Crippen molar-refractivity contribution in [2.75, 3.05) is 18.2 Å². The van der Waals surface area contributed by atoms with Crippen LogP contribution in [0, 0.1) is 0 Å². The molecule has 11 heteroatoms. The zero-order chi connectivity index (χ0) is 24.5. The molecule has 5 rings (SSSR count). The van der Waals surface area contributed by atoms with Crippen molar-refractivity contribution in [3.8, 4) is 17.2 Å². The standard InChI is InChI=1S/C24H22N6O5/c1-34-20-17(35-12-13-5-3-2-4-6-13)9-16(31)18-19(20)28-24(30(22(18)33)15-7-8-15)29-21(32)14-10-26-23(25)27-11-14/h2-6,9-11,15,31H,7-8,12H2,1H3,(H2,25,26,27)(H,28,29,32). The molecule has 35 heavy (non-hydrogen) atoms. The lowest BCUT2D eigenvalue weighted by molar-refractivity contribution is 0.102. The number of amides is 1. The van der Waals surface area contributed by atoms with Gasteiger partial charge in [-0.15, -0.1) is 0 Å². The highest BCUT2D eigenvalue weighted by Gasteiger charge is 2.31. The predicted octanol–water partition coefficient (Wildman–Crippen LogP) is 2.65. The number of nitrogen functional groups attached to an aromatic ring is 1. The summed E-state index contributed by atoms with van der Waals surface area (Å²) in [4.78, 5) is 38.4. The van der Waals surface area contributed by atoms with E-state index in [1.54, 1.807) is 0 Å². The van der Waals surface area contributed by atoms with Crippen LogP contribution in [0.1, 0.15) is 34.8 Å². The van der Waals surface area contributed by atoms with Crippen molar-refractivity contribution in [3.63, 3.8) is 0 Å². The Balaban J connectivity index is 1.60. The molecule has 0 radical (unpaired) electrons. The van der Waals surface area contributed by atoms with Crippen LogP contribution in [0.25, 0.3) is 10.9 Å². The second-order valence-corrected chi connectivity index (χ2v) is 8.05. The number of phenols is 1. The van der Waals surface area contributed by atoms with Crippen LogP contribution in [0.3, 0.4) is 0 Å². The summed E-state index contributed by atoms with van der Waals surface area (Å²) in [6, 6.07) is 10.7. The van der Waals surface area contributed by atoms with Gasteiger partial charge in [-0.1, -0.05) is 30.3 Å². The molecule has 1 amide bonds. The Morgan fingerprint density at radius 3 is 2.60 bits per heavy atom. The van der Waals surface area contributed by atoms with Gasteiger partial charge in [0, 0.05) is 24.5 Å². The molecule has 11 nitrogen and oxygen atoms in total. The third kappa shape index (κ3) is 4.31. The van der Waals surface area contributed by atoms with Crippen LogP contribution in [0.15, 0.2) is 53.6 Å². The molecule has 0 unspecified atom stereocenters. The van der Waals surface area contributed by atoms with E-state index < -0.39 is 11.5 Å². The number of nitrogens with one attached hydrogen (secondary N) is 1. The number of ether oxygens (including phenoxy) is 2. The van der Waals surface area contributed by atoms with Crippen molar-refractivity contribution in [1.29, 1.82) is 0 Å². The summed E-state index contributed by atoms with van der Waals surface area (Å²) in [7, 11) is 1.42. The van der Waals surface area contributed by atoms with Crippen LogP contribution < -0.4 is 26.1 Å². The zero-order valence-corrected chi connectivity index (χ0v) is 18.8. The van der Waals surface area contributed by atoms with Crippen molar-refractivity contribution in [2.45, 2.75) is 25.5 Å². The Hall–Kier alpha value is -4.67. The SMILES string of the molecule is COc1c(OCc2ccccc2)cc(O)c2c(=O)n(C3CC3)c(NC(=O)c3cnc(N)nc3)nc12. The molecule has 2 aromatic carbocycles. The van der Waals surface area contributed by atoms with Crippen LogP contribution in [-0.2, 0) is 6.61 Å². The van der Waals surface area contributed by atoms with Gasteiger partial charge in [-0.2, -0.15) is 0 Å². The monoisotopic (exact) mass is 474 g/mol. The number of anilines is 2. The highest BCUT2D eigenvalue weighted by Crippen LogP contribution is 2.42. The predicted molar refractivity (Wildman–Crippen MR) is 128 cm³/mol. The van der Waals surface area contributed by atoms with Gasteiger partial charge in [0.2, 0.25) is 11.9 Å². The van der Waals surface area contributed by atoms with Crippen LogP contribution >= 0.6 is 0 Å². The number of carbonyl (C=O) groups excluding carboxylic acids is 1. The number of benzene rings is 2. The second kappa shape index (κ2) is 8.93. The Labute approximate surface area is 199 Å². The maximum absolute atomic E-state index is 13.4. The number of rotatable bonds is 7. The third-order valence-corrected chi connectivity index (χ3v) is 5.59. The molecule has 1 aliphatic carbocycles. The van der Waals surface area contributed by atoms with Gasteiger partial charge in [0.15, 0.2) is 11.5 Å². The van der Waals surface area contributed by atoms with Crippen molar-refractivity contribution in [1.82, 2.24) is 19.5 Å². The molecule has 1 fully saturated rings. The summed E-state index contributed by atoms with van der Waals surface area (Å²) in [5, 5.41) is 13.4. The van der Waals surface area contributed by atoms with E-state index in [1.807, 2.05) is 30.3 Å². The summed E-state index contributed by atoms with van der Waals surface area (Å²) >= 11 is 0. The number of phenolic OH excluding ortho intramolecular Hbond substituents is 1. The molecule has 0 saturated heterocycles. The first-order valence-electron chi connectivity index (χ1n) is 10.9. The normalized spacial score (nSPS) is 12.9. The quantitative estimate of drug-likeness (QED) is 0.367. The molecule has 178 valence electrons. The molecule has 1 aliphatic rings. The van der Waals surface area contributed by atoms with Crippen LogP contribution in [0.2, 0.25) is 0 Å². The van der Waals surface area contributed by atoms with Gasteiger partial charge >= 0.3 is 0 Å². The van der Waals surface area contributed by atoms with Crippen molar-refractivity contribution in [2.24, 2.45) is 0 Å². The van der Waals surface area contributed by atoms with Gasteiger partial charge in [-0.3, -0.25) is 19.5 Å². The smallest absolute Gasteiger partial charge is 0.266 e. The number of nitrogens with two attached hydrogens (primary N) is 1. The number of carbonyl (C=O) groups is 1. The van der Waals surface area contributed by atoms with Gasteiger partial charge in [-0.25, -0.2) is 15.0 Å². The van der Waals surface area contributed by atoms with Crippen molar-refractivity contribution >= 4 is 28.7 Å². The fourth-order valence-electron chi connectivity index (χ4n) is 3.74. The summed E-state index contributed by atoms with van der Waals surface area (Å²) in [5.74, 6) is -0.430. The highest BCUT2D eigenvalue weighted by atomic mass is 16.5. The second-order valence-electron chi connectivity index (χ2n) is 8.05. The summed E-state index contributed by atoms with van der Waals surface area (Å²) in [5.41, 5.74) is 6.12. The fraction of sp³-hybridized carbons (Fsp3) is 0.208. The molecule has 4 aromatic rings. The lowest BCUT2D eigenvalue weighted by Gasteiger charge is -2.17. The molecular weight excluding hydrogens is 452 g/mol. The number of fused-ring (bicyclic) bond motifs is 1. The molecule has 4 N–H and O–H groups in total. The highest BCUT2D eigenvalue weighted by molar-refractivity contribution is 6.03. The Kier molecular flexibility index (Phi) is 5.65. The van der Waals surface area contributed by atoms with Gasteiger partial charge in [0.1, 0.15) is 23.3 Å². The zero-order valence-electron chi connectivity index (χ0n) is 18.8. The Bertz CT molecular complexity index is 1470. The van der Waals surface area contributed by atoms with Crippen molar-refractivity contribution in [3.05, 3.63) is 70.3 Å². The van der Waals surface area contributed by atoms with Crippen LogP contribution in [0.4, 0.5) is 11.9 Å². The topological polar surface area (TPSA) is 154 Å². The van der Waals surface area contributed by atoms with Gasteiger partial charge in [0.25, 0.3) is 11.5 Å². The molecular formula is C24H22N6O5. The minimum absolute atomic E-state index is 0.0183. The molecule has 2 aromatic heterocycles. The first-order valence-corrected chi connectivity index (χ1v) is 10.9. The largest absolute Gasteiger partial charge is 0.507 e. The van der Waals surface area contributed by atoms with E-state index in [0.29, 0.717) is 0 Å². The van der Waals surface area contributed by atoms with E-state index in [0.717, 1.165) is 18.4 Å². The number of methoxy groups -OCH3 is 1. The summed E-state index contributed by atoms with van der Waals surface area (Å²) < 4.78 is 12.8. The average molecular weight is 474 g/mol. The number of aromatic hydroxyl groups is 1. The molecule has 0 atom stereocenters. The van der Waals surface area contributed by atoms with E-state index in [1.165, 1.54) is 30.1 Å². The van der Waals surface area contributed by atoms with Crippen molar-refractivity contribution < 1.29 is 19.4 Å². The summed E-state index contributed by atoms with van der Waals surface area (Å²) in [6.07, 6.45) is 4.05. The lowest BCUT2D eigenvalue weighted by atomic mass is 10.2. The fourth-order valence-corrected chi connectivity index (χ4v) is 3.74. The summed E-state index contributed by atoms with van der Waals surface area (Å²) in [6.45, 7) is 0.210. The molecule has 0 aliphatic heterocycles. The maximum Gasteiger partial charge on any atom is 0.266 e. The minimum atomic E-state index is -0.565. The number of aromatic nitrogens is 4. The number of hydrogen-bond acceptors (Lipinski definition) is 9. The van der Waals surface area contributed by atoms with E-state index >= 15 is 0 Å². The third-order valence-electron chi connectivity index (χ3n) is 5.59. The van der Waals surface area contributed by atoms with Crippen LogP contribution in [0.5, 0.6) is 17.2 Å². The lowest BCUT2D eigenvalue weighted by Crippen LogP contribution is -2.27. The Morgan fingerprint density at radius 2 is 1.94 bits per heavy atom. The number of nitrogens with zero attached hydrogens (tertiary/aromatic N) is 4. The average Bonchev–Trinajstić information content (AvgIpc) is 3.69.